The van der Waals surface area contributed by atoms with Gasteiger partial charge < -0.3 is 4.74 Å². The van der Waals surface area contributed by atoms with Gasteiger partial charge in [0.1, 0.15) is 11.6 Å². The molecule has 0 aliphatic rings. The van der Waals surface area contributed by atoms with Crippen molar-refractivity contribution in [2.45, 2.75) is 26.7 Å². The molecule has 0 heterocycles. The van der Waals surface area contributed by atoms with E-state index >= 15 is 0 Å². The minimum Gasteiger partial charge on any atom is -0.466 e. The SMILES string of the molecule is CCOC(=O)Cc1cc(C#N)c([N+](=O)[O-])c(CC)c1. The van der Waals surface area contributed by atoms with Crippen LogP contribution in [0.25, 0.3) is 0 Å². The Bertz CT molecular complexity index is 546. The van der Waals surface area contributed by atoms with E-state index in [1.54, 1.807) is 26.0 Å². The number of carbonyl (C=O) groups is 1. The van der Waals surface area contributed by atoms with E-state index in [4.69, 9.17) is 10.00 Å². The summed E-state index contributed by atoms with van der Waals surface area (Å²) in [6.45, 7) is 3.74. The molecular weight excluding hydrogens is 248 g/mol. The Morgan fingerprint density at radius 2 is 2.16 bits per heavy atom. The monoisotopic (exact) mass is 262 g/mol. The first kappa shape index (κ1) is 14.6. The molecule has 0 atom stereocenters. The molecule has 6 heteroatoms. The highest BCUT2D eigenvalue weighted by Crippen LogP contribution is 2.26. The summed E-state index contributed by atoms with van der Waals surface area (Å²) < 4.78 is 4.81. The maximum Gasteiger partial charge on any atom is 0.310 e. The Kier molecular flexibility index (Phi) is 5.01. The molecular formula is C13H14N2O4. The van der Waals surface area contributed by atoms with Gasteiger partial charge in [-0.2, -0.15) is 5.26 Å². The Morgan fingerprint density at radius 3 is 2.63 bits per heavy atom. The molecule has 0 amide bonds. The Balaban J connectivity index is 3.21. The molecule has 0 radical (unpaired) electrons. The van der Waals surface area contributed by atoms with E-state index in [9.17, 15) is 14.9 Å². The van der Waals surface area contributed by atoms with Crippen molar-refractivity contribution in [1.29, 1.82) is 5.26 Å². The molecule has 0 N–H and O–H groups in total. The Hall–Kier alpha value is -2.42. The van der Waals surface area contributed by atoms with Gasteiger partial charge in [0.2, 0.25) is 0 Å². The average Bonchev–Trinajstić information content (AvgIpc) is 2.37. The molecule has 6 nitrogen and oxygen atoms in total. The first-order valence-corrected chi connectivity index (χ1v) is 5.89. The second-order valence-corrected chi connectivity index (χ2v) is 3.86. The van der Waals surface area contributed by atoms with Crippen LogP contribution < -0.4 is 0 Å². The second-order valence-electron chi connectivity index (χ2n) is 3.86. The summed E-state index contributed by atoms with van der Waals surface area (Å²) in [5, 5.41) is 19.9. The number of nitro groups is 1. The number of nitrogens with zero attached hydrogens (tertiary/aromatic N) is 2. The van der Waals surface area contributed by atoms with Crippen LogP contribution in [-0.4, -0.2) is 17.5 Å². The highest BCUT2D eigenvalue weighted by Gasteiger charge is 2.20. The van der Waals surface area contributed by atoms with Crippen molar-refractivity contribution < 1.29 is 14.5 Å². The average molecular weight is 262 g/mol. The predicted molar refractivity (Wildman–Crippen MR) is 67.5 cm³/mol. The van der Waals surface area contributed by atoms with Crippen molar-refractivity contribution in [2.24, 2.45) is 0 Å². The summed E-state index contributed by atoms with van der Waals surface area (Å²) in [4.78, 5) is 21.8. The van der Waals surface area contributed by atoms with Crippen LogP contribution >= 0.6 is 0 Å². The Morgan fingerprint density at radius 1 is 1.47 bits per heavy atom. The van der Waals surface area contributed by atoms with Gasteiger partial charge in [0.05, 0.1) is 18.0 Å². The van der Waals surface area contributed by atoms with Crippen molar-refractivity contribution in [1.82, 2.24) is 0 Å². The van der Waals surface area contributed by atoms with Gasteiger partial charge in [0.25, 0.3) is 5.69 Å². The van der Waals surface area contributed by atoms with Gasteiger partial charge in [0.15, 0.2) is 0 Å². The quantitative estimate of drug-likeness (QED) is 0.460. The van der Waals surface area contributed by atoms with E-state index in [0.29, 0.717) is 17.5 Å². The number of aryl methyl sites for hydroxylation is 1. The van der Waals surface area contributed by atoms with E-state index in [1.165, 1.54) is 6.07 Å². The molecule has 1 rings (SSSR count). The van der Waals surface area contributed by atoms with Gasteiger partial charge in [-0.25, -0.2) is 0 Å². The third-order valence-electron chi connectivity index (χ3n) is 2.59. The lowest BCUT2D eigenvalue weighted by Gasteiger charge is -2.06. The summed E-state index contributed by atoms with van der Waals surface area (Å²) in [6.07, 6.45) is 0.426. The third-order valence-corrected chi connectivity index (χ3v) is 2.59. The lowest BCUT2D eigenvalue weighted by atomic mass is 10.00. The smallest absolute Gasteiger partial charge is 0.310 e. The summed E-state index contributed by atoms with van der Waals surface area (Å²) in [6, 6.07) is 4.75. The maximum atomic E-state index is 11.4. The van der Waals surface area contributed by atoms with E-state index in [2.05, 4.69) is 0 Å². The highest BCUT2D eigenvalue weighted by molar-refractivity contribution is 5.73. The molecule has 0 aromatic heterocycles. The van der Waals surface area contributed by atoms with Gasteiger partial charge in [0, 0.05) is 5.56 Å². The molecule has 1 aromatic rings. The van der Waals surface area contributed by atoms with Crippen molar-refractivity contribution in [3.63, 3.8) is 0 Å². The van der Waals surface area contributed by atoms with E-state index in [-0.39, 0.29) is 24.3 Å². The number of carbonyl (C=O) groups excluding carboxylic acids is 1. The molecule has 0 spiro atoms. The summed E-state index contributed by atoms with van der Waals surface area (Å²) in [7, 11) is 0. The first-order valence-electron chi connectivity index (χ1n) is 5.89. The Labute approximate surface area is 110 Å². The fourth-order valence-corrected chi connectivity index (χ4v) is 1.81. The third kappa shape index (κ3) is 3.52. The van der Waals surface area contributed by atoms with Crippen LogP contribution in [0.15, 0.2) is 12.1 Å². The molecule has 0 saturated carbocycles. The normalized spacial score (nSPS) is 9.74. The molecule has 0 bridgehead atoms. The van der Waals surface area contributed by atoms with Crippen LogP contribution in [0.5, 0.6) is 0 Å². The molecule has 19 heavy (non-hydrogen) atoms. The zero-order chi connectivity index (χ0) is 14.4. The molecule has 100 valence electrons. The largest absolute Gasteiger partial charge is 0.466 e. The topological polar surface area (TPSA) is 93.2 Å². The van der Waals surface area contributed by atoms with Crippen molar-refractivity contribution in [3.8, 4) is 6.07 Å². The van der Waals surface area contributed by atoms with E-state index < -0.39 is 10.9 Å². The zero-order valence-electron chi connectivity index (χ0n) is 10.8. The number of nitro benzene ring substituents is 1. The van der Waals surface area contributed by atoms with E-state index in [1.807, 2.05) is 0 Å². The van der Waals surface area contributed by atoms with Gasteiger partial charge in [-0.05, 0) is 31.0 Å². The minimum absolute atomic E-state index is 0.00745. The second kappa shape index (κ2) is 6.50. The molecule has 0 fully saturated rings. The lowest BCUT2D eigenvalue weighted by Crippen LogP contribution is -2.09. The number of esters is 1. The number of hydrogen-bond donors (Lipinski definition) is 0. The van der Waals surface area contributed by atoms with Gasteiger partial charge in [-0.3, -0.25) is 14.9 Å². The van der Waals surface area contributed by atoms with Crippen molar-refractivity contribution in [3.05, 3.63) is 38.9 Å². The van der Waals surface area contributed by atoms with Gasteiger partial charge in [-0.1, -0.05) is 6.92 Å². The molecule has 0 saturated heterocycles. The fourth-order valence-electron chi connectivity index (χ4n) is 1.81. The highest BCUT2D eigenvalue weighted by atomic mass is 16.6. The predicted octanol–water partition coefficient (Wildman–Crippen LogP) is 2.13. The molecule has 0 unspecified atom stereocenters. The van der Waals surface area contributed by atoms with Crippen molar-refractivity contribution in [2.75, 3.05) is 6.61 Å². The number of benzene rings is 1. The van der Waals surface area contributed by atoms with Crippen LogP contribution in [0, 0.1) is 21.4 Å². The summed E-state index contributed by atoms with van der Waals surface area (Å²) in [5.41, 5.74) is 0.794. The number of rotatable bonds is 5. The van der Waals surface area contributed by atoms with Crippen LogP contribution in [0.3, 0.4) is 0 Å². The van der Waals surface area contributed by atoms with Crippen LogP contribution in [0.1, 0.15) is 30.5 Å². The first-order chi connectivity index (χ1) is 9.03. The number of hydrogen-bond acceptors (Lipinski definition) is 5. The zero-order valence-corrected chi connectivity index (χ0v) is 10.8. The summed E-state index contributed by atoms with van der Waals surface area (Å²) >= 11 is 0. The van der Waals surface area contributed by atoms with Gasteiger partial charge >= 0.3 is 5.97 Å². The summed E-state index contributed by atoms with van der Waals surface area (Å²) in [5.74, 6) is -0.415. The lowest BCUT2D eigenvalue weighted by molar-refractivity contribution is -0.385. The fraction of sp³-hybridized carbons (Fsp3) is 0.385. The van der Waals surface area contributed by atoms with Gasteiger partial charge in [-0.15, -0.1) is 0 Å². The van der Waals surface area contributed by atoms with Crippen LogP contribution in [0.4, 0.5) is 5.69 Å². The number of ether oxygens (including phenoxy) is 1. The molecule has 0 aliphatic carbocycles. The molecule has 1 aromatic carbocycles. The number of nitriles is 1. The van der Waals surface area contributed by atoms with E-state index in [0.717, 1.165) is 0 Å². The van der Waals surface area contributed by atoms with Crippen LogP contribution in [-0.2, 0) is 22.4 Å². The van der Waals surface area contributed by atoms with Crippen molar-refractivity contribution >= 4 is 11.7 Å². The molecule has 0 aliphatic heterocycles. The standard InChI is InChI=1S/C13H14N2O4/c1-3-10-5-9(7-12(16)19-4-2)6-11(8-14)13(10)15(17)18/h5-6H,3-4,7H2,1-2H3. The minimum atomic E-state index is -0.564. The van der Waals surface area contributed by atoms with Crippen LogP contribution in [0.2, 0.25) is 0 Å². The maximum absolute atomic E-state index is 11.4.